The summed E-state index contributed by atoms with van der Waals surface area (Å²) in [4.78, 5) is 4.89. The maximum Gasteiger partial charge on any atom is 0.0602 e. The SMILES string of the molecule is CN1CCN(CCOCCCl)CC1(C)C. The van der Waals surface area contributed by atoms with Crippen molar-refractivity contribution in [2.45, 2.75) is 19.4 Å². The third-order valence-electron chi connectivity index (χ3n) is 3.17. The van der Waals surface area contributed by atoms with E-state index in [2.05, 4.69) is 30.7 Å². The molecule has 0 amide bonds. The summed E-state index contributed by atoms with van der Waals surface area (Å²) in [5.74, 6) is 0.591. The van der Waals surface area contributed by atoms with Crippen LogP contribution in [-0.4, -0.2) is 67.7 Å². The minimum absolute atomic E-state index is 0.282. The fraction of sp³-hybridized carbons (Fsp3) is 1.00. The first-order chi connectivity index (χ1) is 7.06. The summed E-state index contributed by atoms with van der Waals surface area (Å²) < 4.78 is 5.39. The molecule has 4 heteroatoms. The molecule has 1 rings (SSSR count). The second-order valence-electron chi connectivity index (χ2n) is 4.81. The van der Waals surface area contributed by atoms with E-state index < -0.39 is 0 Å². The van der Waals surface area contributed by atoms with Crippen molar-refractivity contribution >= 4 is 11.6 Å². The van der Waals surface area contributed by atoms with Crippen LogP contribution in [0.3, 0.4) is 0 Å². The average molecular weight is 235 g/mol. The maximum absolute atomic E-state index is 5.54. The summed E-state index contributed by atoms with van der Waals surface area (Å²) in [6.45, 7) is 10.5. The Bertz CT molecular complexity index is 187. The normalized spacial score (nSPS) is 23.2. The second-order valence-corrected chi connectivity index (χ2v) is 5.19. The van der Waals surface area contributed by atoms with E-state index in [0.29, 0.717) is 12.5 Å². The first kappa shape index (κ1) is 13.2. The van der Waals surface area contributed by atoms with E-state index in [9.17, 15) is 0 Å². The van der Waals surface area contributed by atoms with Crippen LogP contribution in [-0.2, 0) is 4.74 Å². The molecule has 0 atom stereocenters. The van der Waals surface area contributed by atoms with Gasteiger partial charge in [0, 0.05) is 37.6 Å². The number of likely N-dealkylation sites (N-methyl/N-ethyl adjacent to an activating group) is 1. The quantitative estimate of drug-likeness (QED) is 0.527. The van der Waals surface area contributed by atoms with Gasteiger partial charge in [-0.1, -0.05) is 0 Å². The van der Waals surface area contributed by atoms with Crippen LogP contribution >= 0.6 is 11.6 Å². The van der Waals surface area contributed by atoms with Crippen LogP contribution in [0.1, 0.15) is 13.8 Å². The van der Waals surface area contributed by atoms with Gasteiger partial charge in [0.1, 0.15) is 0 Å². The van der Waals surface area contributed by atoms with Gasteiger partial charge >= 0.3 is 0 Å². The summed E-state index contributed by atoms with van der Waals surface area (Å²) in [5.41, 5.74) is 0.282. The van der Waals surface area contributed by atoms with Crippen molar-refractivity contribution in [2.24, 2.45) is 0 Å². The molecular weight excluding hydrogens is 212 g/mol. The van der Waals surface area contributed by atoms with Crippen molar-refractivity contribution in [1.29, 1.82) is 0 Å². The zero-order valence-electron chi connectivity index (χ0n) is 10.1. The molecule has 0 aromatic heterocycles. The van der Waals surface area contributed by atoms with E-state index in [4.69, 9.17) is 16.3 Å². The highest BCUT2D eigenvalue weighted by atomic mass is 35.5. The minimum Gasteiger partial charge on any atom is -0.379 e. The minimum atomic E-state index is 0.282. The predicted octanol–water partition coefficient (Wildman–Crippen LogP) is 1.27. The van der Waals surface area contributed by atoms with Crippen LogP contribution in [0.15, 0.2) is 0 Å². The standard InChI is InChI=1S/C11H23ClN2O/c1-11(2)10-14(6-5-13(11)3)7-9-15-8-4-12/h4-10H2,1-3H3. The monoisotopic (exact) mass is 234 g/mol. The van der Waals surface area contributed by atoms with Gasteiger partial charge in [-0.25, -0.2) is 0 Å². The Labute approximate surface area is 98.3 Å². The Morgan fingerprint density at radius 1 is 1.27 bits per heavy atom. The van der Waals surface area contributed by atoms with Crippen molar-refractivity contribution in [3.05, 3.63) is 0 Å². The fourth-order valence-corrected chi connectivity index (χ4v) is 1.99. The van der Waals surface area contributed by atoms with Crippen LogP contribution in [0.25, 0.3) is 0 Å². The highest BCUT2D eigenvalue weighted by Crippen LogP contribution is 2.18. The molecule has 1 saturated heterocycles. The van der Waals surface area contributed by atoms with Crippen LogP contribution in [0.4, 0.5) is 0 Å². The Hall–Kier alpha value is 0.170. The van der Waals surface area contributed by atoms with Gasteiger partial charge in [0.2, 0.25) is 0 Å². The Kier molecular flexibility index (Phi) is 5.33. The molecule has 0 spiro atoms. The van der Waals surface area contributed by atoms with Gasteiger partial charge in [-0.2, -0.15) is 0 Å². The van der Waals surface area contributed by atoms with Crippen molar-refractivity contribution in [3.63, 3.8) is 0 Å². The lowest BCUT2D eigenvalue weighted by Crippen LogP contribution is -2.57. The van der Waals surface area contributed by atoms with E-state index >= 15 is 0 Å². The van der Waals surface area contributed by atoms with Gasteiger partial charge in [0.25, 0.3) is 0 Å². The van der Waals surface area contributed by atoms with Crippen LogP contribution < -0.4 is 0 Å². The van der Waals surface area contributed by atoms with Crippen molar-refractivity contribution in [1.82, 2.24) is 9.80 Å². The molecule has 0 aromatic rings. The zero-order valence-corrected chi connectivity index (χ0v) is 10.9. The lowest BCUT2D eigenvalue weighted by molar-refractivity contribution is 0.0225. The molecule has 1 heterocycles. The van der Waals surface area contributed by atoms with E-state index in [1.165, 1.54) is 0 Å². The van der Waals surface area contributed by atoms with Crippen LogP contribution in [0.2, 0.25) is 0 Å². The Morgan fingerprint density at radius 3 is 2.60 bits per heavy atom. The molecule has 3 nitrogen and oxygen atoms in total. The smallest absolute Gasteiger partial charge is 0.0602 e. The highest BCUT2D eigenvalue weighted by Gasteiger charge is 2.30. The Balaban J connectivity index is 2.21. The van der Waals surface area contributed by atoms with Gasteiger partial charge in [-0.15, -0.1) is 11.6 Å². The summed E-state index contributed by atoms with van der Waals surface area (Å²) in [6.07, 6.45) is 0. The topological polar surface area (TPSA) is 15.7 Å². The summed E-state index contributed by atoms with van der Waals surface area (Å²) in [6, 6.07) is 0. The molecule has 0 aromatic carbocycles. The molecule has 1 fully saturated rings. The van der Waals surface area contributed by atoms with Crippen molar-refractivity contribution in [3.8, 4) is 0 Å². The maximum atomic E-state index is 5.54. The number of hydrogen-bond donors (Lipinski definition) is 0. The molecule has 1 aliphatic heterocycles. The van der Waals surface area contributed by atoms with E-state index in [1.54, 1.807) is 0 Å². The number of piperazine rings is 1. The molecule has 90 valence electrons. The molecule has 0 aliphatic carbocycles. The number of rotatable bonds is 5. The van der Waals surface area contributed by atoms with Gasteiger partial charge in [-0.05, 0) is 20.9 Å². The van der Waals surface area contributed by atoms with Crippen molar-refractivity contribution in [2.75, 3.05) is 52.3 Å². The second kappa shape index (κ2) is 6.04. The fourth-order valence-electron chi connectivity index (χ4n) is 1.88. The van der Waals surface area contributed by atoms with Gasteiger partial charge in [0.05, 0.1) is 13.2 Å². The molecule has 15 heavy (non-hydrogen) atoms. The first-order valence-electron chi connectivity index (χ1n) is 5.63. The van der Waals surface area contributed by atoms with Gasteiger partial charge in [0.15, 0.2) is 0 Å². The molecule has 0 radical (unpaired) electrons. The van der Waals surface area contributed by atoms with E-state index in [0.717, 1.165) is 32.8 Å². The third-order valence-corrected chi connectivity index (χ3v) is 3.32. The van der Waals surface area contributed by atoms with E-state index in [1.807, 2.05) is 0 Å². The van der Waals surface area contributed by atoms with Crippen LogP contribution in [0, 0.1) is 0 Å². The lowest BCUT2D eigenvalue weighted by atomic mass is 10.00. The van der Waals surface area contributed by atoms with Gasteiger partial charge < -0.3 is 4.74 Å². The lowest BCUT2D eigenvalue weighted by Gasteiger charge is -2.45. The summed E-state index contributed by atoms with van der Waals surface area (Å²) in [7, 11) is 2.20. The summed E-state index contributed by atoms with van der Waals surface area (Å²) >= 11 is 5.54. The zero-order chi connectivity index (χ0) is 11.3. The highest BCUT2D eigenvalue weighted by molar-refractivity contribution is 6.17. The number of hydrogen-bond acceptors (Lipinski definition) is 3. The van der Waals surface area contributed by atoms with E-state index in [-0.39, 0.29) is 5.54 Å². The number of ether oxygens (including phenoxy) is 1. The predicted molar refractivity (Wildman–Crippen MR) is 64.7 cm³/mol. The largest absolute Gasteiger partial charge is 0.379 e. The third kappa shape index (κ3) is 4.27. The number of nitrogens with zero attached hydrogens (tertiary/aromatic N) is 2. The molecular formula is C11H23ClN2O. The molecule has 0 bridgehead atoms. The van der Waals surface area contributed by atoms with Crippen LogP contribution in [0.5, 0.6) is 0 Å². The Morgan fingerprint density at radius 2 is 2.00 bits per heavy atom. The average Bonchev–Trinajstić information content (AvgIpc) is 2.18. The van der Waals surface area contributed by atoms with Gasteiger partial charge in [-0.3, -0.25) is 9.80 Å². The molecule has 0 N–H and O–H groups in total. The molecule has 0 unspecified atom stereocenters. The first-order valence-corrected chi connectivity index (χ1v) is 6.17. The number of halogens is 1. The number of alkyl halides is 1. The molecule has 1 aliphatic rings. The summed E-state index contributed by atoms with van der Waals surface area (Å²) in [5, 5.41) is 0. The van der Waals surface area contributed by atoms with Crippen molar-refractivity contribution < 1.29 is 4.74 Å². The molecule has 0 saturated carbocycles.